The van der Waals surface area contributed by atoms with Gasteiger partial charge in [0.05, 0.1) is 11.6 Å². The number of hydrogen-bond donors (Lipinski definition) is 0. The molecule has 0 amide bonds. The summed E-state index contributed by atoms with van der Waals surface area (Å²) >= 11 is 0. The first kappa shape index (κ1) is 12.1. The smallest absolute Gasteiger partial charge is 0.170 e. The molecular weight excluding hydrogens is 222 g/mol. The second-order valence-corrected chi connectivity index (χ2v) is 4.19. The fraction of sp³-hybridized carbons (Fsp3) is 0.125. The van der Waals surface area contributed by atoms with Gasteiger partial charge in [-0.3, -0.25) is 4.79 Å². The monoisotopic (exact) mass is 235 g/mol. The number of nitrogens with zero attached hydrogens (tertiary/aromatic N) is 1. The maximum absolute atomic E-state index is 12.3. The highest BCUT2D eigenvalue weighted by molar-refractivity contribution is 6.00. The summed E-state index contributed by atoms with van der Waals surface area (Å²) in [5, 5.41) is 8.72. The Balaban J connectivity index is 2.23. The first-order valence-electron chi connectivity index (χ1n) is 5.81. The summed E-state index contributed by atoms with van der Waals surface area (Å²) in [6.07, 6.45) is 0. The van der Waals surface area contributed by atoms with Crippen molar-refractivity contribution in [2.45, 2.75) is 12.8 Å². The van der Waals surface area contributed by atoms with Gasteiger partial charge in [-0.15, -0.1) is 0 Å². The van der Waals surface area contributed by atoms with E-state index in [1.807, 2.05) is 43.3 Å². The van der Waals surface area contributed by atoms with Crippen LogP contribution in [-0.4, -0.2) is 5.78 Å². The quantitative estimate of drug-likeness (QED) is 0.763. The lowest BCUT2D eigenvalue weighted by Crippen LogP contribution is -2.09. The number of rotatable bonds is 3. The van der Waals surface area contributed by atoms with Gasteiger partial charge in [0, 0.05) is 11.5 Å². The van der Waals surface area contributed by atoms with Gasteiger partial charge in [0.25, 0.3) is 0 Å². The standard InChI is InChI=1S/C16H13NO/c1-12(14-5-3-2-4-6-14)16(18)15-9-7-13(11-17)8-10-15/h2-10,12H,1H3. The van der Waals surface area contributed by atoms with Gasteiger partial charge >= 0.3 is 0 Å². The SMILES string of the molecule is CC(C(=O)c1ccc(C#N)cc1)c1ccccc1. The molecule has 0 heterocycles. The first-order chi connectivity index (χ1) is 8.72. The maximum atomic E-state index is 12.3. The minimum absolute atomic E-state index is 0.0747. The fourth-order valence-corrected chi connectivity index (χ4v) is 1.85. The van der Waals surface area contributed by atoms with Gasteiger partial charge in [0.1, 0.15) is 0 Å². The Bertz CT molecular complexity index is 579. The van der Waals surface area contributed by atoms with Gasteiger partial charge in [-0.2, -0.15) is 5.26 Å². The molecule has 0 N–H and O–H groups in total. The fourth-order valence-electron chi connectivity index (χ4n) is 1.85. The third-order valence-electron chi connectivity index (χ3n) is 2.99. The summed E-state index contributed by atoms with van der Waals surface area (Å²) in [7, 11) is 0. The molecule has 0 aliphatic carbocycles. The van der Waals surface area contributed by atoms with Crippen molar-refractivity contribution >= 4 is 5.78 Å². The average molecular weight is 235 g/mol. The summed E-state index contributed by atoms with van der Waals surface area (Å²) in [5.74, 6) is -0.0928. The van der Waals surface area contributed by atoms with Crippen LogP contribution in [0.25, 0.3) is 0 Å². The maximum Gasteiger partial charge on any atom is 0.170 e. The van der Waals surface area contributed by atoms with Crippen molar-refractivity contribution in [2.75, 3.05) is 0 Å². The Morgan fingerprint density at radius 2 is 1.67 bits per heavy atom. The minimum Gasteiger partial charge on any atom is -0.294 e. The lowest BCUT2D eigenvalue weighted by Gasteiger charge is -2.10. The molecule has 0 fully saturated rings. The van der Waals surface area contributed by atoms with Gasteiger partial charge in [-0.05, 0) is 17.7 Å². The highest BCUT2D eigenvalue weighted by Crippen LogP contribution is 2.20. The second-order valence-electron chi connectivity index (χ2n) is 4.19. The van der Waals surface area contributed by atoms with E-state index in [2.05, 4.69) is 0 Å². The zero-order chi connectivity index (χ0) is 13.0. The number of nitriles is 1. The molecule has 0 spiro atoms. The van der Waals surface area contributed by atoms with Crippen LogP contribution >= 0.6 is 0 Å². The Labute approximate surface area is 107 Å². The number of carbonyl (C=O) groups excluding carboxylic acids is 1. The van der Waals surface area contributed by atoms with Gasteiger partial charge in [0.2, 0.25) is 0 Å². The van der Waals surface area contributed by atoms with Crippen LogP contribution < -0.4 is 0 Å². The molecule has 0 aliphatic rings. The predicted octanol–water partition coefficient (Wildman–Crippen LogP) is 3.54. The van der Waals surface area contributed by atoms with E-state index in [-0.39, 0.29) is 11.7 Å². The summed E-state index contributed by atoms with van der Waals surface area (Å²) in [5.41, 5.74) is 2.22. The van der Waals surface area contributed by atoms with Crippen molar-refractivity contribution in [1.82, 2.24) is 0 Å². The minimum atomic E-state index is -0.167. The van der Waals surface area contributed by atoms with Gasteiger partial charge in [-0.25, -0.2) is 0 Å². The van der Waals surface area contributed by atoms with Crippen molar-refractivity contribution in [3.63, 3.8) is 0 Å². The van der Waals surface area contributed by atoms with E-state index in [0.29, 0.717) is 11.1 Å². The van der Waals surface area contributed by atoms with Crippen molar-refractivity contribution in [1.29, 1.82) is 5.26 Å². The molecule has 0 bridgehead atoms. The molecule has 2 rings (SSSR count). The molecule has 0 saturated heterocycles. The van der Waals surface area contributed by atoms with Crippen molar-refractivity contribution in [2.24, 2.45) is 0 Å². The number of Topliss-reactive ketones (excluding diaryl/α,β-unsaturated/α-hetero) is 1. The number of ketones is 1. The molecule has 2 aromatic carbocycles. The van der Waals surface area contributed by atoms with E-state index in [9.17, 15) is 4.79 Å². The lowest BCUT2D eigenvalue weighted by atomic mass is 9.92. The van der Waals surface area contributed by atoms with E-state index in [4.69, 9.17) is 5.26 Å². The summed E-state index contributed by atoms with van der Waals surface area (Å²) in [4.78, 5) is 12.3. The predicted molar refractivity (Wildman–Crippen MR) is 70.3 cm³/mol. The Hall–Kier alpha value is -2.40. The molecule has 0 radical (unpaired) electrons. The lowest BCUT2D eigenvalue weighted by molar-refractivity contribution is 0.0966. The molecule has 0 aliphatic heterocycles. The van der Waals surface area contributed by atoms with Crippen LogP contribution in [0.4, 0.5) is 0 Å². The molecule has 2 heteroatoms. The zero-order valence-corrected chi connectivity index (χ0v) is 10.1. The molecule has 88 valence electrons. The number of benzene rings is 2. The summed E-state index contributed by atoms with van der Waals surface area (Å²) in [6.45, 7) is 1.90. The molecule has 0 saturated carbocycles. The van der Waals surface area contributed by atoms with Crippen molar-refractivity contribution in [3.05, 3.63) is 71.3 Å². The average Bonchev–Trinajstić information content (AvgIpc) is 2.47. The molecule has 0 aromatic heterocycles. The topological polar surface area (TPSA) is 40.9 Å². The largest absolute Gasteiger partial charge is 0.294 e. The molecule has 2 aromatic rings. The van der Waals surface area contributed by atoms with Crippen molar-refractivity contribution in [3.8, 4) is 6.07 Å². The summed E-state index contributed by atoms with van der Waals surface area (Å²) < 4.78 is 0. The molecule has 1 unspecified atom stereocenters. The highest BCUT2D eigenvalue weighted by Gasteiger charge is 2.16. The van der Waals surface area contributed by atoms with Crippen LogP contribution in [0.3, 0.4) is 0 Å². The zero-order valence-electron chi connectivity index (χ0n) is 10.1. The second kappa shape index (κ2) is 5.29. The summed E-state index contributed by atoms with van der Waals surface area (Å²) in [6, 6.07) is 18.5. The Morgan fingerprint density at radius 3 is 2.22 bits per heavy atom. The van der Waals surface area contributed by atoms with Crippen LogP contribution in [0.2, 0.25) is 0 Å². The number of carbonyl (C=O) groups is 1. The third-order valence-corrected chi connectivity index (χ3v) is 2.99. The third kappa shape index (κ3) is 2.46. The van der Waals surface area contributed by atoms with E-state index >= 15 is 0 Å². The Morgan fingerprint density at radius 1 is 1.06 bits per heavy atom. The van der Waals surface area contributed by atoms with Crippen LogP contribution in [0, 0.1) is 11.3 Å². The van der Waals surface area contributed by atoms with Crippen LogP contribution in [0.15, 0.2) is 54.6 Å². The van der Waals surface area contributed by atoms with Gasteiger partial charge < -0.3 is 0 Å². The molecule has 18 heavy (non-hydrogen) atoms. The first-order valence-corrected chi connectivity index (χ1v) is 5.81. The number of hydrogen-bond acceptors (Lipinski definition) is 2. The molecule has 1 atom stereocenters. The van der Waals surface area contributed by atoms with E-state index < -0.39 is 0 Å². The van der Waals surface area contributed by atoms with E-state index in [1.54, 1.807) is 24.3 Å². The van der Waals surface area contributed by atoms with E-state index in [1.165, 1.54) is 0 Å². The highest BCUT2D eigenvalue weighted by atomic mass is 16.1. The molecule has 2 nitrogen and oxygen atoms in total. The van der Waals surface area contributed by atoms with Crippen LogP contribution in [0.5, 0.6) is 0 Å². The van der Waals surface area contributed by atoms with Crippen LogP contribution in [0.1, 0.15) is 34.3 Å². The van der Waals surface area contributed by atoms with Crippen LogP contribution in [-0.2, 0) is 0 Å². The Kier molecular flexibility index (Phi) is 3.54. The van der Waals surface area contributed by atoms with Gasteiger partial charge in [0.15, 0.2) is 5.78 Å². The van der Waals surface area contributed by atoms with E-state index in [0.717, 1.165) is 5.56 Å². The van der Waals surface area contributed by atoms with Gasteiger partial charge in [-0.1, -0.05) is 49.4 Å². The normalized spacial score (nSPS) is 11.6. The molecular formula is C16H13NO. The van der Waals surface area contributed by atoms with Crippen molar-refractivity contribution < 1.29 is 4.79 Å².